The lowest BCUT2D eigenvalue weighted by Gasteiger charge is -2.21. The summed E-state index contributed by atoms with van der Waals surface area (Å²) in [6, 6.07) is 9.91. The number of esters is 1. The van der Waals surface area contributed by atoms with E-state index in [1.807, 2.05) is 61.6 Å². The van der Waals surface area contributed by atoms with E-state index in [9.17, 15) is 29.9 Å². The number of amides is 1. The molecule has 10 nitrogen and oxygen atoms in total. The van der Waals surface area contributed by atoms with Gasteiger partial charge in [-0.15, -0.1) is 10.1 Å². The first-order valence-corrected chi connectivity index (χ1v) is 14.8. The molecular formula is C31H46N2O8. The minimum Gasteiger partial charge on any atom is -0.458 e. The Labute approximate surface area is 242 Å². The van der Waals surface area contributed by atoms with Crippen molar-refractivity contribution < 1.29 is 34.5 Å². The van der Waals surface area contributed by atoms with Crippen LogP contribution in [0.15, 0.2) is 54.6 Å². The van der Waals surface area contributed by atoms with Gasteiger partial charge in [-0.3, -0.25) is 9.59 Å². The summed E-state index contributed by atoms with van der Waals surface area (Å²) in [6.07, 6.45) is 11.9. The van der Waals surface area contributed by atoms with Crippen molar-refractivity contribution in [2.75, 3.05) is 13.2 Å². The van der Waals surface area contributed by atoms with Gasteiger partial charge in [-0.1, -0.05) is 55.0 Å². The largest absolute Gasteiger partial charge is 0.458 e. The molecule has 0 saturated heterocycles. The molecule has 41 heavy (non-hydrogen) atoms. The fourth-order valence-corrected chi connectivity index (χ4v) is 5.06. The minimum atomic E-state index is -0.824. The van der Waals surface area contributed by atoms with Crippen LogP contribution >= 0.6 is 0 Å². The number of rotatable bonds is 20. The zero-order valence-electron chi connectivity index (χ0n) is 24.1. The average Bonchev–Trinajstić information content (AvgIpc) is 3.21. The van der Waals surface area contributed by atoms with E-state index >= 15 is 0 Å². The number of unbranched alkanes of at least 4 members (excludes halogenated alkanes) is 3. The van der Waals surface area contributed by atoms with Gasteiger partial charge in [0.25, 0.3) is 5.09 Å². The molecule has 3 N–H and O–H groups in total. The number of aliphatic hydroxyl groups is 2. The number of aryl methyl sites for hydroxylation is 1. The Morgan fingerprint density at radius 2 is 1.88 bits per heavy atom. The highest BCUT2D eigenvalue weighted by atomic mass is 16.9. The molecule has 0 aromatic heterocycles. The Morgan fingerprint density at radius 3 is 2.61 bits per heavy atom. The maximum atomic E-state index is 12.6. The molecule has 1 saturated carbocycles. The first-order valence-electron chi connectivity index (χ1n) is 14.8. The fourth-order valence-electron chi connectivity index (χ4n) is 5.06. The maximum absolute atomic E-state index is 12.6. The van der Waals surface area contributed by atoms with E-state index in [2.05, 4.69) is 10.2 Å². The lowest BCUT2D eigenvalue weighted by Crippen LogP contribution is -2.22. The highest BCUT2D eigenvalue weighted by Gasteiger charge is 2.39. The van der Waals surface area contributed by atoms with Crippen molar-refractivity contribution in [1.29, 1.82) is 0 Å². The van der Waals surface area contributed by atoms with Crippen LogP contribution in [0.3, 0.4) is 0 Å². The Kier molecular flexibility index (Phi) is 16.4. The number of hydrogen-bond acceptors (Lipinski definition) is 8. The van der Waals surface area contributed by atoms with Gasteiger partial charge in [0.05, 0.1) is 18.8 Å². The van der Waals surface area contributed by atoms with E-state index in [0.717, 1.165) is 18.4 Å². The third-order valence-electron chi connectivity index (χ3n) is 7.25. The molecule has 0 aliphatic heterocycles. The van der Waals surface area contributed by atoms with Crippen molar-refractivity contribution in [3.05, 3.63) is 70.3 Å². The summed E-state index contributed by atoms with van der Waals surface area (Å²) in [5.41, 5.74) is 1.12. The normalized spacial score (nSPS) is 21.2. The lowest BCUT2D eigenvalue weighted by atomic mass is 9.89. The quantitative estimate of drug-likeness (QED) is 0.0679. The third kappa shape index (κ3) is 14.3. The molecule has 1 unspecified atom stereocenters. The van der Waals surface area contributed by atoms with Gasteiger partial charge >= 0.3 is 5.97 Å². The van der Waals surface area contributed by atoms with E-state index in [4.69, 9.17) is 4.74 Å². The van der Waals surface area contributed by atoms with Gasteiger partial charge in [-0.2, -0.15) is 0 Å². The third-order valence-corrected chi connectivity index (χ3v) is 7.25. The molecule has 1 amide bonds. The van der Waals surface area contributed by atoms with E-state index in [0.29, 0.717) is 57.9 Å². The van der Waals surface area contributed by atoms with Crippen molar-refractivity contribution in [1.82, 2.24) is 5.32 Å². The van der Waals surface area contributed by atoms with Crippen molar-refractivity contribution >= 4 is 11.9 Å². The molecule has 0 bridgehead atoms. The number of nitrogens with one attached hydrogen (secondary N) is 1. The molecular weight excluding hydrogens is 528 g/mol. The molecule has 1 aliphatic rings. The van der Waals surface area contributed by atoms with Crippen molar-refractivity contribution in [2.45, 2.75) is 95.9 Å². The molecule has 1 aliphatic carbocycles. The zero-order chi connectivity index (χ0) is 29.9. The lowest BCUT2D eigenvalue weighted by molar-refractivity contribution is -0.757. The monoisotopic (exact) mass is 574 g/mol. The summed E-state index contributed by atoms with van der Waals surface area (Å²) in [5, 5.41) is 33.5. The molecule has 10 heteroatoms. The highest BCUT2D eigenvalue weighted by Crippen LogP contribution is 2.36. The Hall–Kier alpha value is -3.24. The van der Waals surface area contributed by atoms with Crippen LogP contribution in [0.25, 0.3) is 0 Å². The Morgan fingerprint density at radius 1 is 1.10 bits per heavy atom. The van der Waals surface area contributed by atoms with E-state index in [1.54, 1.807) is 0 Å². The maximum Gasteiger partial charge on any atom is 0.306 e. The van der Waals surface area contributed by atoms with E-state index in [1.165, 1.54) is 0 Å². The number of aliphatic hydroxyl groups excluding tert-OH is 2. The van der Waals surface area contributed by atoms with Crippen LogP contribution in [0.4, 0.5) is 0 Å². The van der Waals surface area contributed by atoms with Crippen LogP contribution < -0.4 is 5.32 Å². The number of nitrogens with zero attached hydrogens (tertiary/aromatic N) is 1. The van der Waals surface area contributed by atoms with Gasteiger partial charge < -0.3 is 25.1 Å². The molecule has 1 aromatic rings. The van der Waals surface area contributed by atoms with Crippen LogP contribution in [0, 0.1) is 22.0 Å². The predicted octanol–water partition coefficient (Wildman–Crippen LogP) is 4.47. The van der Waals surface area contributed by atoms with E-state index < -0.39 is 23.4 Å². The second-order valence-electron chi connectivity index (χ2n) is 10.5. The Bertz CT molecular complexity index is 968. The standard InChI is InChI=1S/C31H46N2O8/c1-2-32-30(36)16-10-4-3-9-15-26-27(29(35)23-28(26)34)21-20-25(19-18-24-13-7-5-8-14-24)41-31(37)17-11-6-12-22-40-33(38)39/h3,5,7-9,13-14,20-21,25-29,34-35H,2,4,6,10-12,15-19,22-23H2,1H3,(H,32,36)/t25?,26-,27-,28+,29-/m1/s1. The van der Waals surface area contributed by atoms with Gasteiger partial charge in [0.2, 0.25) is 5.91 Å². The van der Waals surface area contributed by atoms with Crippen LogP contribution in [-0.4, -0.2) is 58.6 Å². The summed E-state index contributed by atoms with van der Waals surface area (Å²) in [4.78, 5) is 38.7. The smallest absolute Gasteiger partial charge is 0.306 e. The predicted molar refractivity (Wildman–Crippen MR) is 155 cm³/mol. The molecule has 5 atom stereocenters. The zero-order valence-corrected chi connectivity index (χ0v) is 24.1. The number of carbonyl (C=O) groups excluding carboxylic acids is 2. The topological polar surface area (TPSA) is 148 Å². The van der Waals surface area contributed by atoms with Gasteiger partial charge in [0.1, 0.15) is 6.10 Å². The molecule has 0 radical (unpaired) electrons. The number of benzene rings is 1. The van der Waals surface area contributed by atoms with E-state index in [-0.39, 0.29) is 36.7 Å². The van der Waals surface area contributed by atoms with Crippen LogP contribution in [0.5, 0.6) is 0 Å². The molecule has 1 aromatic carbocycles. The van der Waals surface area contributed by atoms with Gasteiger partial charge in [0, 0.05) is 31.7 Å². The van der Waals surface area contributed by atoms with Crippen molar-refractivity contribution in [3.63, 3.8) is 0 Å². The number of carbonyl (C=O) groups is 2. The minimum absolute atomic E-state index is 0.00647. The first kappa shape index (κ1) is 34.0. The molecule has 1 fully saturated rings. The molecule has 0 heterocycles. The van der Waals surface area contributed by atoms with Crippen LogP contribution in [0.1, 0.15) is 76.7 Å². The fraction of sp³-hybridized carbons (Fsp3) is 0.613. The second kappa shape index (κ2) is 19.8. The number of hydrogen-bond donors (Lipinski definition) is 3. The summed E-state index contributed by atoms with van der Waals surface area (Å²) in [7, 11) is 0. The van der Waals surface area contributed by atoms with Crippen LogP contribution in [-0.2, 0) is 25.6 Å². The van der Waals surface area contributed by atoms with Gasteiger partial charge in [-0.25, -0.2) is 0 Å². The second-order valence-corrected chi connectivity index (χ2v) is 10.5. The summed E-state index contributed by atoms with van der Waals surface area (Å²) in [5.74, 6) is -0.732. The average molecular weight is 575 g/mol. The van der Waals surface area contributed by atoms with Crippen molar-refractivity contribution in [3.8, 4) is 0 Å². The first-order chi connectivity index (χ1) is 19.8. The van der Waals surface area contributed by atoms with Crippen molar-refractivity contribution in [2.24, 2.45) is 11.8 Å². The molecule has 0 spiro atoms. The molecule has 228 valence electrons. The van der Waals surface area contributed by atoms with Gasteiger partial charge in [-0.05, 0) is 69.4 Å². The molecule has 2 rings (SSSR count). The highest BCUT2D eigenvalue weighted by molar-refractivity contribution is 5.75. The van der Waals surface area contributed by atoms with Crippen LogP contribution in [0.2, 0.25) is 0 Å². The summed E-state index contributed by atoms with van der Waals surface area (Å²) < 4.78 is 5.78. The van der Waals surface area contributed by atoms with Gasteiger partial charge in [0.15, 0.2) is 0 Å². The number of ether oxygens (including phenoxy) is 1. The Balaban J connectivity index is 1.93. The summed E-state index contributed by atoms with van der Waals surface area (Å²) in [6.45, 7) is 2.52. The number of allylic oxidation sites excluding steroid dienone is 2. The summed E-state index contributed by atoms with van der Waals surface area (Å²) >= 11 is 0. The SMILES string of the molecule is CCNC(=O)CCCC=CC[C@@H]1[C@@H](C=CC(CCc2ccccc2)OC(=O)CCCCCO[N+](=O)[O-])[C@H](O)C[C@@H]1O.